The summed E-state index contributed by atoms with van der Waals surface area (Å²) in [5.41, 5.74) is 6.45. The first kappa shape index (κ1) is 13.6. The number of nitrogens with two attached hydrogens (primary N) is 1. The van der Waals surface area contributed by atoms with Crippen molar-refractivity contribution in [2.45, 2.75) is 13.1 Å². The van der Waals surface area contributed by atoms with Crippen LogP contribution in [0.3, 0.4) is 0 Å². The smallest absolute Gasteiger partial charge is 0.123 e. The molecular weight excluding hydrogens is 289 g/mol. The Labute approximate surface area is 120 Å². The summed E-state index contributed by atoms with van der Waals surface area (Å²) in [4.78, 5) is 7.57. The fourth-order valence-corrected chi connectivity index (χ4v) is 2.96. The van der Waals surface area contributed by atoms with Crippen molar-refractivity contribution >= 4 is 40.4 Å². The van der Waals surface area contributed by atoms with Crippen LogP contribution in [-0.2, 0) is 13.1 Å². The van der Waals surface area contributed by atoms with Crippen molar-refractivity contribution in [2.75, 3.05) is 12.8 Å². The molecule has 0 aliphatic heterocycles. The molecule has 3 nitrogen and oxygen atoms in total. The van der Waals surface area contributed by atoms with E-state index in [1.807, 2.05) is 19.2 Å². The minimum atomic E-state index is 0.488. The largest absolute Gasteiger partial charge is 0.384 e. The molecule has 2 aromatic heterocycles. The Morgan fingerprint density at radius 3 is 2.67 bits per heavy atom. The molecule has 0 aliphatic carbocycles. The van der Waals surface area contributed by atoms with Gasteiger partial charge in [0, 0.05) is 18.0 Å². The van der Waals surface area contributed by atoms with Gasteiger partial charge in [-0.25, -0.2) is 4.98 Å². The number of rotatable bonds is 4. The predicted molar refractivity (Wildman–Crippen MR) is 78.2 cm³/mol. The van der Waals surface area contributed by atoms with Crippen LogP contribution >= 0.6 is 34.5 Å². The number of hydrogen-bond donors (Lipinski definition) is 1. The van der Waals surface area contributed by atoms with Crippen molar-refractivity contribution in [1.29, 1.82) is 0 Å². The van der Waals surface area contributed by atoms with Crippen LogP contribution in [0.1, 0.15) is 10.6 Å². The lowest BCUT2D eigenvalue weighted by Gasteiger charge is -2.16. The normalized spacial score (nSPS) is 11.1. The monoisotopic (exact) mass is 301 g/mol. The number of hydrogen-bond acceptors (Lipinski definition) is 4. The van der Waals surface area contributed by atoms with Gasteiger partial charge in [-0.3, -0.25) is 4.90 Å². The van der Waals surface area contributed by atoms with Crippen LogP contribution in [-0.4, -0.2) is 16.9 Å². The van der Waals surface area contributed by atoms with E-state index in [2.05, 4.69) is 9.88 Å². The molecule has 0 amide bonds. The van der Waals surface area contributed by atoms with E-state index in [1.54, 1.807) is 23.5 Å². The molecule has 0 aliphatic rings. The molecule has 0 atom stereocenters. The molecule has 0 bridgehead atoms. The van der Waals surface area contributed by atoms with E-state index < -0.39 is 0 Å². The molecule has 0 spiro atoms. The van der Waals surface area contributed by atoms with Crippen molar-refractivity contribution in [1.82, 2.24) is 9.88 Å². The first-order valence-electron chi connectivity index (χ1n) is 5.38. The van der Waals surface area contributed by atoms with Gasteiger partial charge >= 0.3 is 0 Å². The van der Waals surface area contributed by atoms with Crippen LogP contribution in [0.5, 0.6) is 0 Å². The molecule has 0 saturated carbocycles. The maximum absolute atomic E-state index is 6.08. The average molecular weight is 302 g/mol. The zero-order valence-electron chi connectivity index (χ0n) is 9.86. The molecule has 2 heterocycles. The number of aromatic nitrogens is 1. The van der Waals surface area contributed by atoms with Crippen LogP contribution in [0.2, 0.25) is 9.36 Å². The summed E-state index contributed by atoms with van der Waals surface area (Å²) in [6.07, 6.45) is 0. The summed E-state index contributed by atoms with van der Waals surface area (Å²) in [5.74, 6) is 0.488. The maximum atomic E-state index is 6.08. The first-order chi connectivity index (χ1) is 8.54. The van der Waals surface area contributed by atoms with E-state index >= 15 is 0 Å². The van der Waals surface area contributed by atoms with Crippen molar-refractivity contribution < 1.29 is 0 Å². The van der Waals surface area contributed by atoms with Gasteiger partial charge in [-0.1, -0.05) is 23.2 Å². The Bertz CT molecular complexity index is 542. The van der Waals surface area contributed by atoms with Crippen LogP contribution < -0.4 is 5.73 Å². The third kappa shape index (κ3) is 3.59. The summed E-state index contributed by atoms with van der Waals surface area (Å²) >= 11 is 13.6. The highest BCUT2D eigenvalue weighted by Gasteiger charge is 2.08. The SMILES string of the molecule is CN(Cc1ccc(Cl)s1)Cc1nc(N)ccc1Cl. The number of nitrogens with zero attached hydrogens (tertiary/aromatic N) is 2. The lowest BCUT2D eigenvalue weighted by Crippen LogP contribution is -2.18. The van der Waals surface area contributed by atoms with Gasteiger partial charge in [0.05, 0.1) is 15.1 Å². The molecule has 0 radical (unpaired) electrons. The summed E-state index contributed by atoms with van der Waals surface area (Å²) < 4.78 is 0.804. The second-order valence-electron chi connectivity index (χ2n) is 4.04. The molecule has 18 heavy (non-hydrogen) atoms. The van der Waals surface area contributed by atoms with E-state index in [0.717, 1.165) is 16.6 Å². The lowest BCUT2D eigenvalue weighted by atomic mass is 10.3. The van der Waals surface area contributed by atoms with E-state index in [4.69, 9.17) is 28.9 Å². The fraction of sp³-hybridized carbons (Fsp3) is 0.250. The fourth-order valence-electron chi connectivity index (χ4n) is 1.63. The van der Waals surface area contributed by atoms with Crippen molar-refractivity contribution in [3.63, 3.8) is 0 Å². The van der Waals surface area contributed by atoms with Gasteiger partial charge in [0.15, 0.2) is 0 Å². The molecule has 0 fully saturated rings. The Morgan fingerprint density at radius 1 is 1.22 bits per heavy atom. The Kier molecular flexibility index (Phi) is 4.45. The van der Waals surface area contributed by atoms with E-state index in [0.29, 0.717) is 17.4 Å². The van der Waals surface area contributed by atoms with E-state index in [1.165, 1.54) is 4.88 Å². The summed E-state index contributed by atoms with van der Waals surface area (Å²) in [6, 6.07) is 7.40. The molecule has 2 aromatic rings. The van der Waals surface area contributed by atoms with Crippen LogP contribution in [0.25, 0.3) is 0 Å². The minimum absolute atomic E-state index is 0.488. The third-order valence-corrected chi connectivity index (χ3v) is 3.97. The number of nitrogen functional groups attached to an aromatic ring is 1. The molecule has 2 rings (SSSR count). The number of pyridine rings is 1. The zero-order chi connectivity index (χ0) is 13.1. The molecule has 2 N–H and O–H groups in total. The first-order valence-corrected chi connectivity index (χ1v) is 6.95. The zero-order valence-corrected chi connectivity index (χ0v) is 12.2. The van der Waals surface area contributed by atoms with Crippen molar-refractivity contribution in [2.24, 2.45) is 0 Å². The average Bonchev–Trinajstić information content (AvgIpc) is 2.69. The van der Waals surface area contributed by atoms with Gasteiger partial charge in [-0.15, -0.1) is 11.3 Å². The van der Waals surface area contributed by atoms with Crippen LogP contribution in [0, 0.1) is 0 Å². The lowest BCUT2D eigenvalue weighted by molar-refractivity contribution is 0.318. The van der Waals surface area contributed by atoms with Gasteiger partial charge in [-0.2, -0.15) is 0 Å². The third-order valence-electron chi connectivity index (χ3n) is 2.41. The second kappa shape index (κ2) is 5.89. The quantitative estimate of drug-likeness (QED) is 0.937. The highest BCUT2D eigenvalue weighted by molar-refractivity contribution is 7.16. The van der Waals surface area contributed by atoms with Gasteiger partial charge < -0.3 is 5.73 Å². The van der Waals surface area contributed by atoms with Gasteiger partial charge in [0.2, 0.25) is 0 Å². The molecular formula is C12H13Cl2N3S. The van der Waals surface area contributed by atoms with Gasteiger partial charge in [-0.05, 0) is 31.3 Å². The molecule has 6 heteroatoms. The Morgan fingerprint density at radius 2 is 2.00 bits per heavy atom. The van der Waals surface area contributed by atoms with E-state index in [-0.39, 0.29) is 0 Å². The highest BCUT2D eigenvalue weighted by Crippen LogP contribution is 2.23. The Balaban J connectivity index is 2.02. The van der Waals surface area contributed by atoms with E-state index in [9.17, 15) is 0 Å². The molecule has 96 valence electrons. The highest BCUT2D eigenvalue weighted by atomic mass is 35.5. The predicted octanol–water partition coefficient (Wildman–Crippen LogP) is 3.66. The maximum Gasteiger partial charge on any atom is 0.123 e. The second-order valence-corrected chi connectivity index (χ2v) is 6.25. The standard InChI is InChI=1S/C12H13Cl2N3S/c1-17(6-8-2-4-11(14)18-8)7-10-9(13)3-5-12(15)16-10/h2-5H,6-7H2,1H3,(H2,15,16). The number of thiophene rings is 1. The number of anilines is 1. The molecule has 0 unspecified atom stereocenters. The minimum Gasteiger partial charge on any atom is -0.384 e. The summed E-state index contributed by atoms with van der Waals surface area (Å²) in [6.45, 7) is 1.46. The van der Waals surface area contributed by atoms with Crippen LogP contribution in [0.15, 0.2) is 24.3 Å². The van der Waals surface area contributed by atoms with Gasteiger partial charge in [0.1, 0.15) is 5.82 Å². The summed E-state index contributed by atoms with van der Waals surface area (Å²) in [7, 11) is 2.01. The van der Waals surface area contributed by atoms with Crippen molar-refractivity contribution in [3.8, 4) is 0 Å². The van der Waals surface area contributed by atoms with Crippen molar-refractivity contribution in [3.05, 3.63) is 44.2 Å². The van der Waals surface area contributed by atoms with Crippen LogP contribution in [0.4, 0.5) is 5.82 Å². The number of halogens is 2. The molecule has 0 aromatic carbocycles. The summed E-state index contributed by atoms with van der Waals surface area (Å²) in [5, 5.41) is 0.639. The Hall–Kier alpha value is -0.810. The topological polar surface area (TPSA) is 42.2 Å². The molecule has 0 saturated heterocycles. The van der Waals surface area contributed by atoms with Gasteiger partial charge in [0.25, 0.3) is 0 Å².